The number of pyridine rings is 1. The lowest BCUT2D eigenvalue weighted by molar-refractivity contribution is -0.671. The minimum atomic E-state index is -0.713. The molecule has 0 radical (unpaired) electrons. The summed E-state index contributed by atoms with van der Waals surface area (Å²) in [5, 5.41) is 9.17. The molecule has 7 nitrogen and oxygen atoms in total. The van der Waals surface area contributed by atoms with Crippen LogP contribution in [0.5, 0.6) is 0 Å². The Labute approximate surface area is 74.4 Å². The van der Waals surface area contributed by atoms with Crippen molar-refractivity contribution in [2.75, 3.05) is 0 Å². The maximum atomic E-state index is 9.89. The van der Waals surface area contributed by atoms with E-state index in [1.165, 1.54) is 0 Å². The molecule has 1 aromatic rings. The second-order valence-electron chi connectivity index (χ2n) is 2.06. The summed E-state index contributed by atoms with van der Waals surface area (Å²) in [5.41, 5.74) is 3.46. The Bertz CT molecular complexity index is 261. The van der Waals surface area contributed by atoms with Gasteiger partial charge in [0.15, 0.2) is 12.4 Å². The van der Waals surface area contributed by atoms with Gasteiger partial charge in [0, 0.05) is 0 Å². The van der Waals surface area contributed by atoms with Crippen LogP contribution in [0.1, 0.15) is 0 Å². The van der Waals surface area contributed by atoms with Crippen LogP contribution < -0.4 is 4.57 Å². The first-order chi connectivity index (χ1) is 5.18. The van der Waals surface area contributed by atoms with Gasteiger partial charge >= 0.3 is 0 Å². The minimum Gasteiger partial charge on any atom is -0.412 e. The maximum Gasteiger partial charge on any atom is 0.167 e. The predicted octanol–water partition coefficient (Wildman–Crippen LogP) is -0.941. The Kier molecular flexibility index (Phi) is 6.24. The fourth-order valence-corrected chi connectivity index (χ4v) is 0.654. The molecule has 0 saturated carbocycles. The van der Waals surface area contributed by atoms with E-state index in [2.05, 4.69) is 5.43 Å². The van der Waals surface area contributed by atoms with Crippen molar-refractivity contribution in [2.45, 2.75) is 0 Å². The molecule has 0 aliphatic rings. The second kappa shape index (κ2) is 5.86. The first-order valence-electron chi connectivity index (χ1n) is 3.00. The van der Waals surface area contributed by atoms with Gasteiger partial charge in [0.05, 0.1) is 0 Å². The van der Waals surface area contributed by atoms with Crippen molar-refractivity contribution in [2.24, 2.45) is 7.05 Å². The highest BCUT2D eigenvalue weighted by atomic mass is 16.7. The highest BCUT2D eigenvalue weighted by Gasteiger charge is 1.89. The Hall–Kier alpha value is -1.73. The van der Waals surface area contributed by atoms with Crippen LogP contribution in [0.2, 0.25) is 0 Å². The molecule has 0 aliphatic carbocycles. The third kappa shape index (κ3) is 4.67. The number of aromatic nitrogens is 1. The molecule has 0 saturated heterocycles. The fraction of sp³-hybridized carbons (Fsp3) is 0.167. The lowest BCUT2D eigenvalue weighted by atomic mass is 10.4. The molecule has 0 aromatic carbocycles. The summed E-state index contributed by atoms with van der Waals surface area (Å²) in [6.45, 7) is 0. The van der Waals surface area contributed by atoms with Gasteiger partial charge in [-0.25, -0.2) is 4.57 Å². The average molecular weight is 189 g/mol. The van der Waals surface area contributed by atoms with Gasteiger partial charge in [-0.1, -0.05) is 5.69 Å². The van der Waals surface area contributed by atoms with Crippen LogP contribution in [0.15, 0.2) is 24.5 Å². The van der Waals surface area contributed by atoms with E-state index in [4.69, 9.17) is 0 Å². The lowest BCUT2D eigenvalue weighted by Crippen LogP contribution is -2.25. The molecule has 1 heterocycles. The second-order valence-corrected chi connectivity index (χ2v) is 2.06. The third-order valence-corrected chi connectivity index (χ3v) is 1.16. The Morgan fingerprint density at radius 3 is 2.23 bits per heavy atom. The van der Waals surface area contributed by atoms with Gasteiger partial charge < -0.3 is 16.4 Å². The summed E-state index contributed by atoms with van der Waals surface area (Å²) in [5.74, 6) is 0. The average Bonchev–Trinajstić information content (AvgIpc) is 1.93. The van der Waals surface area contributed by atoms with Crippen LogP contribution >= 0.6 is 0 Å². The predicted molar refractivity (Wildman–Crippen MR) is 44.9 cm³/mol. The van der Waals surface area contributed by atoms with Crippen molar-refractivity contribution in [1.82, 2.24) is 0 Å². The zero-order valence-electron chi connectivity index (χ0n) is 6.97. The van der Waals surface area contributed by atoms with E-state index in [9.17, 15) is 10.1 Å². The van der Waals surface area contributed by atoms with Gasteiger partial charge in [0.2, 0.25) is 0 Å². The van der Waals surface area contributed by atoms with Gasteiger partial charge in [-0.15, -0.1) is 0 Å². The Morgan fingerprint density at radius 1 is 1.38 bits per heavy atom. The summed E-state index contributed by atoms with van der Waals surface area (Å²) in [7, 11) is 1.83. The molecule has 0 fully saturated rings. The Balaban J connectivity index is 0. The molecule has 0 bridgehead atoms. The van der Waals surface area contributed by atoms with Crippen molar-refractivity contribution >= 4 is 5.69 Å². The number of nitrogens with zero attached hydrogens (tertiary/aromatic N) is 3. The van der Waals surface area contributed by atoms with Crippen molar-refractivity contribution < 1.29 is 20.6 Å². The summed E-state index contributed by atoms with van der Waals surface area (Å²) in [4.78, 5) is 9.89. The van der Waals surface area contributed by atoms with Gasteiger partial charge in [0.1, 0.15) is 7.05 Å². The standard InChI is InChI=1S/C6H7N3O2.2H2O/c1-8-4-2-6(3-5-8)7-9(10)11;;/h2-5H,1H3;2*1H2. The molecule has 7 heteroatoms. The van der Waals surface area contributed by atoms with E-state index in [1.54, 1.807) is 29.1 Å². The molecule has 74 valence electrons. The van der Waals surface area contributed by atoms with E-state index in [0.29, 0.717) is 5.69 Å². The quantitative estimate of drug-likeness (QED) is 0.338. The maximum absolute atomic E-state index is 9.89. The fourth-order valence-electron chi connectivity index (χ4n) is 0.654. The highest BCUT2D eigenvalue weighted by molar-refractivity contribution is 5.41. The third-order valence-electron chi connectivity index (χ3n) is 1.16. The summed E-state index contributed by atoms with van der Waals surface area (Å²) in [6.07, 6.45) is 3.39. The van der Waals surface area contributed by atoms with E-state index in [-0.39, 0.29) is 11.0 Å². The van der Waals surface area contributed by atoms with Gasteiger partial charge in [-0.2, -0.15) is 0 Å². The van der Waals surface area contributed by atoms with Crippen LogP contribution in [0.4, 0.5) is 5.69 Å². The number of aryl methyl sites for hydroxylation is 1. The van der Waals surface area contributed by atoms with E-state index >= 15 is 0 Å². The number of hydrogen-bond acceptors (Lipinski definition) is 2. The normalized spacial score (nSPS) is 7.77. The molecule has 0 atom stereocenters. The summed E-state index contributed by atoms with van der Waals surface area (Å²) >= 11 is 0. The van der Waals surface area contributed by atoms with Crippen LogP contribution in [-0.2, 0) is 7.05 Å². The first-order valence-corrected chi connectivity index (χ1v) is 3.00. The van der Waals surface area contributed by atoms with Crippen molar-refractivity contribution in [1.29, 1.82) is 0 Å². The van der Waals surface area contributed by atoms with E-state index in [0.717, 1.165) is 0 Å². The number of nitro groups is 1. The monoisotopic (exact) mass is 189 g/mol. The topological polar surface area (TPSA) is 124 Å². The van der Waals surface area contributed by atoms with Gasteiger partial charge in [-0.3, -0.25) is 10.1 Å². The smallest absolute Gasteiger partial charge is 0.167 e. The SMILES string of the molecule is C[n+]1ccc([N-][N+](=O)[O-])cc1.O.O. The number of rotatable bonds is 2. The van der Waals surface area contributed by atoms with E-state index in [1.807, 2.05) is 7.05 Å². The van der Waals surface area contributed by atoms with Crippen molar-refractivity contribution in [3.63, 3.8) is 0 Å². The van der Waals surface area contributed by atoms with Crippen molar-refractivity contribution in [3.05, 3.63) is 40.1 Å². The molecule has 13 heavy (non-hydrogen) atoms. The van der Waals surface area contributed by atoms with Gasteiger partial charge in [0.25, 0.3) is 0 Å². The van der Waals surface area contributed by atoms with Crippen LogP contribution in [0.3, 0.4) is 0 Å². The molecule has 4 N–H and O–H groups in total. The number of hydrogen-bond donors (Lipinski definition) is 0. The zero-order chi connectivity index (χ0) is 8.27. The van der Waals surface area contributed by atoms with Crippen LogP contribution in [-0.4, -0.2) is 16.0 Å². The molecule has 0 unspecified atom stereocenters. The molecule has 0 amide bonds. The molecule has 0 aliphatic heterocycles. The Morgan fingerprint density at radius 2 is 1.85 bits per heavy atom. The molecular weight excluding hydrogens is 178 g/mol. The highest BCUT2D eigenvalue weighted by Crippen LogP contribution is 2.13. The van der Waals surface area contributed by atoms with Crippen molar-refractivity contribution in [3.8, 4) is 0 Å². The first kappa shape index (κ1) is 13.8. The molecule has 0 spiro atoms. The molecular formula is C6H11N3O4. The van der Waals surface area contributed by atoms with Gasteiger partial charge in [-0.05, 0) is 17.2 Å². The summed E-state index contributed by atoms with van der Waals surface area (Å²) < 4.78 is 1.78. The van der Waals surface area contributed by atoms with Crippen LogP contribution in [0, 0.1) is 10.1 Å². The molecule has 1 aromatic heterocycles. The summed E-state index contributed by atoms with van der Waals surface area (Å²) in [6, 6.07) is 3.14. The van der Waals surface area contributed by atoms with E-state index < -0.39 is 5.03 Å². The minimum absolute atomic E-state index is 0. The largest absolute Gasteiger partial charge is 0.412 e. The lowest BCUT2D eigenvalue weighted by Gasteiger charge is -2.06. The molecule has 1 rings (SSSR count). The van der Waals surface area contributed by atoms with Crippen LogP contribution in [0.25, 0.3) is 5.43 Å². The zero-order valence-corrected chi connectivity index (χ0v) is 6.97.